The van der Waals surface area contributed by atoms with Gasteiger partial charge in [0.25, 0.3) is 5.56 Å². The lowest BCUT2D eigenvalue weighted by molar-refractivity contribution is 0.0690. The van der Waals surface area contributed by atoms with Crippen molar-refractivity contribution in [1.29, 1.82) is 0 Å². The van der Waals surface area contributed by atoms with Gasteiger partial charge in [-0.25, -0.2) is 4.79 Å². The van der Waals surface area contributed by atoms with E-state index in [1.165, 1.54) is 17.0 Å². The molecular weight excluding hydrogens is 408 g/mol. The quantitative estimate of drug-likeness (QED) is 0.504. The van der Waals surface area contributed by atoms with Crippen molar-refractivity contribution in [2.45, 2.75) is 52.0 Å². The second kappa shape index (κ2) is 7.78. The van der Waals surface area contributed by atoms with Gasteiger partial charge in [0.1, 0.15) is 11.4 Å². The van der Waals surface area contributed by atoms with Gasteiger partial charge in [-0.05, 0) is 37.8 Å². The molecule has 1 fully saturated rings. The van der Waals surface area contributed by atoms with Crippen LogP contribution in [0.2, 0.25) is 0 Å². The molecule has 1 aromatic carbocycles. The van der Waals surface area contributed by atoms with Gasteiger partial charge < -0.3 is 14.2 Å². The molecule has 3 heterocycles. The van der Waals surface area contributed by atoms with Gasteiger partial charge in [-0.2, -0.15) is 9.61 Å². The summed E-state index contributed by atoms with van der Waals surface area (Å²) in [5.74, 6) is -0.384. The second-order valence-electron chi connectivity index (χ2n) is 8.41. The van der Waals surface area contributed by atoms with Crippen LogP contribution in [0.25, 0.3) is 28.0 Å². The molecule has 0 bridgehead atoms. The molecule has 8 heteroatoms. The van der Waals surface area contributed by atoms with Gasteiger partial charge in [0.2, 0.25) is 0 Å². The van der Waals surface area contributed by atoms with E-state index in [1.807, 2.05) is 38.1 Å². The van der Waals surface area contributed by atoms with Crippen molar-refractivity contribution in [2.24, 2.45) is 0 Å². The summed E-state index contributed by atoms with van der Waals surface area (Å²) in [6.07, 6.45) is 5.36. The number of carboxylic acid groups (broad SMARTS) is 1. The summed E-state index contributed by atoms with van der Waals surface area (Å²) in [5, 5.41) is 17.5. The first-order valence-corrected chi connectivity index (χ1v) is 10.9. The van der Waals surface area contributed by atoms with Crippen molar-refractivity contribution < 1.29 is 14.4 Å². The number of carboxylic acids is 1. The van der Waals surface area contributed by atoms with Crippen LogP contribution in [0.4, 0.5) is 0 Å². The zero-order chi connectivity index (χ0) is 22.4. The summed E-state index contributed by atoms with van der Waals surface area (Å²) in [5.41, 5.74) is 4.51. The fraction of sp³-hybridized carbons (Fsp3) is 0.333. The first-order valence-electron chi connectivity index (χ1n) is 10.9. The number of hydrogen-bond acceptors (Lipinski definition) is 5. The summed E-state index contributed by atoms with van der Waals surface area (Å²) in [6.45, 7) is 3.80. The lowest BCUT2D eigenvalue weighted by Crippen LogP contribution is -2.23. The number of aromatic nitrogens is 4. The second-order valence-corrected chi connectivity index (χ2v) is 8.41. The Kier molecular flexibility index (Phi) is 4.92. The van der Waals surface area contributed by atoms with E-state index in [1.54, 1.807) is 6.07 Å². The van der Waals surface area contributed by atoms with E-state index in [0.717, 1.165) is 59.5 Å². The molecule has 0 amide bonds. The van der Waals surface area contributed by atoms with Gasteiger partial charge in [0, 0.05) is 23.7 Å². The van der Waals surface area contributed by atoms with Crippen LogP contribution in [-0.2, 0) is 0 Å². The first kappa shape index (κ1) is 20.2. The lowest BCUT2D eigenvalue weighted by Gasteiger charge is -2.28. The van der Waals surface area contributed by atoms with Crippen molar-refractivity contribution in [3.8, 4) is 22.4 Å². The van der Waals surface area contributed by atoms with Crippen LogP contribution in [0.5, 0.6) is 0 Å². The highest BCUT2D eigenvalue weighted by Gasteiger charge is 2.23. The summed E-state index contributed by atoms with van der Waals surface area (Å²) in [7, 11) is 0. The number of nitrogens with zero attached hydrogens (tertiary/aromatic N) is 4. The van der Waals surface area contributed by atoms with Gasteiger partial charge >= 0.3 is 5.97 Å². The number of hydrogen-bond donors (Lipinski definition) is 1. The SMILES string of the molecule is Cc1noc(C)c1-c1ccc(-c2cc(=O)n3nc(C(=O)O)cc3n2C2CCCCC2)cc1. The lowest BCUT2D eigenvalue weighted by atomic mass is 9.94. The average molecular weight is 432 g/mol. The van der Waals surface area contributed by atoms with Gasteiger partial charge in [-0.15, -0.1) is 0 Å². The Labute approximate surface area is 184 Å². The predicted octanol–water partition coefficient (Wildman–Crippen LogP) is 4.64. The molecule has 0 spiro atoms. The molecule has 0 saturated heterocycles. The molecule has 1 N–H and O–H groups in total. The highest BCUT2D eigenvalue weighted by molar-refractivity contribution is 5.87. The molecule has 32 heavy (non-hydrogen) atoms. The van der Waals surface area contributed by atoms with Crippen LogP contribution in [0.3, 0.4) is 0 Å². The minimum atomic E-state index is -1.14. The standard InChI is InChI=1S/C24H24N4O4/c1-14-23(15(2)32-26-14)17-10-8-16(9-11-17)20-13-22(29)28-21(12-19(25-28)24(30)31)27(20)18-6-4-3-5-7-18/h8-13,18H,3-7H2,1-2H3,(H,30,31). The maximum atomic E-state index is 12.9. The maximum Gasteiger partial charge on any atom is 0.356 e. The average Bonchev–Trinajstić information content (AvgIpc) is 3.39. The summed E-state index contributed by atoms with van der Waals surface area (Å²) < 4.78 is 8.61. The van der Waals surface area contributed by atoms with Crippen LogP contribution in [0.1, 0.15) is 60.1 Å². The van der Waals surface area contributed by atoms with Crippen LogP contribution in [0, 0.1) is 13.8 Å². The number of aromatic carboxylic acids is 1. The summed E-state index contributed by atoms with van der Waals surface area (Å²) in [6, 6.07) is 11.2. The van der Waals surface area contributed by atoms with Crippen LogP contribution < -0.4 is 5.56 Å². The first-order chi connectivity index (χ1) is 15.4. The Morgan fingerprint density at radius 2 is 1.75 bits per heavy atom. The number of rotatable bonds is 4. The molecule has 8 nitrogen and oxygen atoms in total. The molecule has 164 valence electrons. The molecule has 0 unspecified atom stereocenters. The van der Waals surface area contributed by atoms with Crippen LogP contribution in [0.15, 0.2) is 45.7 Å². The molecule has 1 aliphatic rings. The normalized spacial score (nSPS) is 14.8. The van der Waals surface area contributed by atoms with Gasteiger partial charge in [-0.3, -0.25) is 4.79 Å². The number of benzene rings is 1. The van der Waals surface area contributed by atoms with Gasteiger partial charge in [0.05, 0.1) is 11.4 Å². The maximum absolute atomic E-state index is 12.9. The Bertz CT molecular complexity index is 1350. The Hall–Kier alpha value is -3.68. The van der Waals surface area contributed by atoms with Crippen molar-refractivity contribution in [3.05, 3.63) is 63.9 Å². The molecule has 0 aliphatic heterocycles. The minimum absolute atomic E-state index is 0.127. The fourth-order valence-electron chi connectivity index (χ4n) is 4.83. The monoisotopic (exact) mass is 432 g/mol. The largest absolute Gasteiger partial charge is 0.476 e. The van der Waals surface area contributed by atoms with E-state index in [4.69, 9.17) is 4.52 Å². The predicted molar refractivity (Wildman–Crippen MR) is 119 cm³/mol. The van der Waals surface area contributed by atoms with E-state index in [2.05, 4.69) is 14.8 Å². The van der Waals surface area contributed by atoms with E-state index in [9.17, 15) is 14.7 Å². The number of fused-ring (bicyclic) bond motifs is 1. The van der Waals surface area contributed by atoms with E-state index in [-0.39, 0.29) is 17.3 Å². The molecule has 4 aromatic rings. The number of carbonyl (C=O) groups is 1. The third-order valence-electron chi connectivity index (χ3n) is 6.33. The van der Waals surface area contributed by atoms with Crippen molar-refractivity contribution in [1.82, 2.24) is 19.3 Å². The Balaban J connectivity index is 1.69. The molecule has 1 aliphatic carbocycles. The van der Waals surface area contributed by atoms with E-state index in [0.29, 0.717) is 5.65 Å². The summed E-state index contributed by atoms with van der Waals surface area (Å²) in [4.78, 5) is 24.4. The van der Waals surface area contributed by atoms with Gasteiger partial charge in [-0.1, -0.05) is 48.7 Å². The fourth-order valence-corrected chi connectivity index (χ4v) is 4.83. The third kappa shape index (κ3) is 3.32. The van der Waals surface area contributed by atoms with E-state index >= 15 is 0 Å². The van der Waals surface area contributed by atoms with Crippen molar-refractivity contribution in [2.75, 3.05) is 0 Å². The molecule has 0 radical (unpaired) electrons. The van der Waals surface area contributed by atoms with Crippen molar-refractivity contribution in [3.63, 3.8) is 0 Å². The highest BCUT2D eigenvalue weighted by atomic mass is 16.5. The third-order valence-corrected chi connectivity index (χ3v) is 6.33. The highest BCUT2D eigenvalue weighted by Crippen LogP contribution is 2.35. The molecule has 1 saturated carbocycles. The molecule has 5 rings (SSSR count). The van der Waals surface area contributed by atoms with Crippen LogP contribution >= 0.6 is 0 Å². The number of aryl methyl sites for hydroxylation is 2. The zero-order valence-corrected chi connectivity index (χ0v) is 18.0. The topological polar surface area (TPSA) is 103 Å². The minimum Gasteiger partial charge on any atom is -0.476 e. The zero-order valence-electron chi connectivity index (χ0n) is 18.0. The molecule has 3 aromatic heterocycles. The Morgan fingerprint density at radius 1 is 1.06 bits per heavy atom. The smallest absolute Gasteiger partial charge is 0.356 e. The van der Waals surface area contributed by atoms with Gasteiger partial charge in [0.15, 0.2) is 5.69 Å². The molecule has 0 atom stereocenters. The van der Waals surface area contributed by atoms with Crippen molar-refractivity contribution >= 4 is 11.6 Å². The Morgan fingerprint density at radius 3 is 2.38 bits per heavy atom. The molecular formula is C24H24N4O4. The van der Waals surface area contributed by atoms with Crippen LogP contribution in [-0.4, -0.2) is 30.4 Å². The van der Waals surface area contributed by atoms with E-state index < -0.39 is 5.97 Å². The summed E-state index contributed by atoms with van der Waals surface area (Å²) >= 11 is 0.